The zero-order valence-corrected chi connectivity index (χ0v) is 14.8. The van der Waals surface area contributed by atoms with Gasteiger partial charge in [-0.15, -0.1) is 0 Å². The van der Waals surface area contributed by atoms with Gasteiger partial charge in [0.1, 0.15) is 5.71 Å². The van der Waals surface area contributed by atoms with E-state index < -0.39 is 0 Å². The molecule has 1 aromatic heterocycles. The third kappa shape index (κ3) is 2.23. The Labute approximate surface area is 150 Å². The van der Waals surface area contributed by atoms with Crippen molar-refractivity contribution in [3.63, 3.8) is 0 Å². The first-order valence-corrected chi connectivity index (χ1v) is 8.31. The zero-order valence-electron chi connectivity index (χ0n) is 14.8. The molecule has 0 saturated carbocycles. The summed E-state index contributed by atoms with van der Waals surface area (Å²) in [4.78, 5) is 31.7. The molecule has 0 unspecified atom stereocenters. The number of aromatic nitrogens is 2. The van der Waals surface area contributed by atoms with Crippen LogP contribution in [0.25, 0.3) is 5.69 Å². The molecule has 1 aliphatic heterocycles. The summed E-state index contributed by atoms with van der Waals surface area (Å²) in [5, 5.41) is 0. The Kier molecular flexibility index (Phi) is 3.61. The lowest BCUT2D eigenvalue weighted by atomic mass is 10.1. The van der Waals surface area contributed by atoms with Crippen molar-refractivity contribution in [3.8, 4) is 5.69 Å². The van der Waals surface area contributed by atoms with Crippen molar-refractivity contribution in [2.75, 3.05) is 11.9 Å². The van der Waals surface area contributed by atoms with E-state index in [2.05, 4.69) is 4.99 Å². The first-order chi connectivity index (χ1) is 12.5. The summed E-state index contributed by atoms with van der Waals surface area (Å²) >= 11 is 0. The Morgan fingerprint density at radius 3 is 2.27 bits per heavy atom. The van der Waals surface area contributed by atoms with Crippen LogP contribution in [0.3, 0.4) is 0 Å². The molecule has 4 rings (SSSR count). The minimum absolute atomic E-state index is 0.208. The number of carbonyl (C=O) groups is 1. The minimum atomic E-state index is -0.247. The Balaban J connectivity index is 1.93. The summed E-state index contributed by atoms with van der Waals surface area (Å²) in [5.74, 6) is -0.208. The maximum absolute atomic E-state index is 13.0. The van der Waals surface area contributed by atoms with Gasteiger partial charge in [0.2, 0.25) is 0 Å². The number of anilines is 1. The molecule has 2 aromatic carbocycles. The van der Waals surface area contributed by atoms with Crippen molar-refractivity contribution in [2.45, 2.75) is 6.92 Å². The van der Waals surface area contributed by atoms with Gasteiger partial charge in [-0.2, -0.15) is 0 Å². The first-order valence-electron chi connectivity index (χ1n) is 8.31. The average Bonchev–Trinajstić information content (AvgIpc) is 3.03. The second-order valence-corrected chi connectivity index (χ2v) is 6.25. The number of hydrogen-bond donors (Lipinski definition) is 0. The predicted octanol–water partition coefficient (Wildman–Crippen LogP) is 2.58. The van der Waals surface area contributed by atoms with Gasteiger partial charge in [-0.25, -0.2) is 9.67 Å². The highest BCUT2D eigenvalue weighted by Gasteiger charge is 2.31. The van der Waals surface area contributed by atoms with E-state index in [-0.39, 0.29) is 17.2 Å². The zero-order chi connectivity index (χ0) is 18.4. The van der Waals surface area contributed by atoms with Crippen LogP contribution in [0.5, 0.6) is 0 Å². The number of hydrogen-bond acceptors (Lipinski definition) is 3. The summed E-state index contributed by atoms with van der Waals surface area (Å²) in [6.07, 6.45) is 0. The van der Waals surface area contributed by atoms with E-state index in [4.69, 9.17) is 0 Å². The lowest BCUT2D eigenvalue weighted by Crippen LogP contribution is -2.25. The van der Waals surface area contributed by atoms with E-state index in [1.165, 1.54) is 0 Å². The van der Waals surface area contributed by atoms with Crippen LogP contribution in [0.15, 0.2) is 64.4 Å². The average molecular weight is 346 g/mol. The van der Waals surface area contributed by atoms with E-state index in [1.807, 2.05) is 68.6 Å². The van der Waals surface area contributed by atoms with Gasteiger partial charge >= 0.3 is 0 Å². The van der Waals surface area contributed by atoms with Crippen LogP contribution in [-0.2, 0) is 11.8 Å². The highest BCUT2D eigenvalue weighted by molar-refractivity contribution is 6.54. The van der Waals surface area contributed by atoms with E-state index in [0.29, 0.717) is 11.4 Å². The third-order valence-electron chi connectivity index (χ3n) is 4.78. The molecule has 0 bridgehead atoms. The number of para-hydroxylation sites is 2. The normalized spacial score (nSPS) is 15.0. The Morgan fingerprint density at radius 1 is 0.885 bits per heavy atom. The van der Waals surface area contributed by atoms with Crippen molar-refractivity contribution in [1.82, 2.24) is 9.36 Å². The van der Waals surface area contributed by atoms with Gasteiger partial charge in [0.15, 0.2) is 5.69 Å². The van der Waals surface area contributed by atoms with Crippen molar-refractivity contribution in [1.29, 1.82) is 0 Å². The van der Waals surface area contributed by atoms with E-state index in [0.717, 1.165) is 16.9 Å². The standard InChI is InChI=1S/C20H18N4O2/c1-13-17(20(26)24(23(13)3)14-9-5-4-6-10-14)21-18-15-11-7-8-12-16(15)22(2)19(18)25/h4-12H,1-3H3. The molecule has 1 amide bonds. The fraction of sp³-hybridized carbons (Fsp3) is 0.150. The fourth-order valence-electron chi connectivity index (χ4n) is 3.25. The number of carbonyl (C=O) groups excluding carboxylic acids is 1. The van der Waals surface area contributed by atoms with Gasteiger partial charge in [-0.05, 0) is 25.1 Å². The van der Waals surface area contributed by atoms with Gasteiger partial charge in [-0.3, -0.25) is 14.3 Å². The topological polar surface area (TPSA) is 59.6 Å². The number of fused-ring (bicyclic) bond motifs is 1. The first kappa shape index (κ1) is 16.1. The summed E-state index contributed by atoms with van der Waals surface area (Å²) in [6.45, 7) is 1.83. The largest absolute Gasteiger partial charge is 0.309 e. The van der Waals surface area contributed by atoms with Crippen molar-refractivity contribution in [3.05, 3.63) is 76.2 Å². The molecule has 0 aliphatic carbocycles. The lowest BCUT2D eigenvalue weighted by Gasteiger charge is -2.07. The highest BCUT2D eigenvalue weighted by Crippen LogP contribution is 2.29. The van der Waals surface area contributed by atoms with E-state index in [9.17, 15) is 9.59 Å². The highest BCUT2D eigenvalue weighted by atomic mass is 16.2. The number of aliphatic imine (C=N–C) groups is 1. The van der Waals surface area contributed by atoms with Crippen LogP contribution in [0.2, 0.25) is 0 Å². The van der Waals surface area contributed by atoms with Gasteiger partial charge in [0, 0.05) is 19.7 Å². The Morgan fingerprint density at radius 2 is 1.54 bits per heavy atom. The number of likely N-dealkylation sites (N-methyl/N-ethyl adjacent to an activating group) is 1. The molecule has 0 radical (unpaired) electrons. The maximum atomic E-state index is 13.0. The van der Waals surface area contributed by atoms with Crippen LogP contribution >= 0.6 is 0 Å². The van der Waals surface area contributed by atoms with Gasteiger partial charge in [-0.1, -0.05) is 36.4 Å². The predicted molar refractivity (Wildman–Crippen MR) is 102 cm³/mol. The molecule has 1 aliphatic rings. The molecule has 0 N–H and O–H groups in total. The van der Waals surface area contributed by atoms with Crippen LogP contribution in [0.4, 0.5) is 11.4 Å². The SMILES string of the molecule is Cc1c(N=C2C(=O)N(C)c3ccccc32)c(=O)n(-c2ccccc2)n1C. The molecule has 0 atom stereocenters. The molecular formula is C20H18N4O2. The van der Waals surface area contributed by atoms with Crippen molar-refractivity contribution < 1.29 is 4.79 Å². The van der Waals surface area contributed by atoms with Crippen LogP contribution < -0.4 is 10.5 Å². The smallest absolute Gasteiger partial charge is 0.297 e. The van der Waals surface area contributed by atoms with Gasteiger partial charge in [0.25, 0.3) is 11.5 Å². The molecule has 2 heterocycles. The van der Waals surface area contributed by atoms with Crippen LogP contribution in [-0.4, -0.2) is 28.0 Å². The van der Waals surface area contributed by atoms with Crippen LogP contribution in [0, 0.1) is 6.92 Å². The van der Waals surface area contributed by atoms with E-state index >= 15 is 0 Å². The van der Waals surface area contributed by atoms with Crippen LogP contribution in [0.1, 0.15) is 11.3 Å². The molecule has 0 saturated heterocycles. The summed E-state index contributed by atoms with van der Waals surface area (Å²) in [6, 6.07) is 16.8. The number of nitrogens with zero attached hydrogens (tertiary/aromatic N) is 4. The number of amides is 1. The molecule has 3 aromatic rings. The molecule has 0 fully saturated rings. The van der Waals surface area contributed by atoms with Gasteiger partial charge < -0.3 is 4.90 Å². The van der Waals surface area contributed by atoms with Crippen molar-refractivity contribution in [2.24, 2.45) is 12.0 Å². The monoisotopic (exact) mass is 346 g/mol. The number of benzene rings is 2. The second-order valence-electron chi connectivity index (χ2n) is 6.25. The lowest BCUT2D eigenvalue weighted by molar-refractivity contribution is -0.111. The molecule has 0 spiro atoms. The molecule has 26 heavy (non-hydrogen) atoms. The van der Waals surface area contributed by atoms with E-state index in [1.54, 1.807) is 21.3 Å². The minimum Gasteiger partial charge on any atom is -0.309 e. The third-order valence-corrected chi connectivity index (χ3v) is 4.78. The summed E-state index contributed by atoms with van der Waals surface area (Å²) < 4.78 is 3.32. The summed E-state index contributed by atoms with van der Waals surface area (Å²) in [5.41, 5.74) is 3.33. The summed E-state index contributed by atoms with van der Waals surface area (Å²) in [7, 11) is 3.52. The Bertz CT molecular complexity index is 1110. The maximum Gasteiger partial charge on any atom is 0.297 e. The fourth-order valence-corrected chi connectivity index (χ4v) is 3.25. The molecule has 6 nitrogen and oxygen atoms in total. The van der Waals surface area contributed by atoms with Gasteiger partial charge in [0.05, 0.1) is 17.1 Å². The second kappa shape index (κ2) is 5.84. The quantitative estimate of drug-likeness (QED) is 0.716. The number of rotatable bonds is 2. The molecule has 6 heteroatoms. The molecule has 130 valence electrons. The Hall–Kier alpha value is -3.41. The molecular weight excluding hydrogens is 328 g/mol. The van der Waals surface area contributed by atoms with Crippen molar-refractivity contribution >= 4 is 23.0 Å².